The van der Waals surface area contributed by atoms with Gasteiger partial charge in [0.25, 0.3) is 0 Å². The van der Waals surface area contributed by atoms with Gasteiger partial charge in [-0.15, -0.1) is 0 Å². The minimum atomic E-state index is -0.355. The van der Waals surface area contributed by atoms with Crippen LogP contribution in [0.3, 0.4) is 0 Å². The monoisotopic (exact) mass is 352 g/mol. The van der Waals surface area contributed by atoms with Gasteiger partial charge in [-0.2, -0.15) is 10.5 Å². The number of carbonyl (C=O) groups excluding carboxylic acids is 1. The lowest BCUT2D eigenvalue weighted by Gasteiger charge is -2.00. The van der Waals surface area contributed by atoms with Gasteiger partial charge in [0.1, 0.15) is 17.9 Å². The predicted octanol–water partition coefficient (Wildman–Crippen LogP) is 4.92. The molecule has 0 aliphatic rings. The number of rotatable bonds is 6. The van der Waals surface area contributed by atoms with E-state index in [-0.39, 0.29) is 22.7 Å². The SMILES string of the molecule is N#CC(=CC=CC=C/C(C#N)=C(\O)c1ccccc1)C(=O)c1ccccc1. The normalized spacial score (nSPS) is 12.4. The average Bonchev–Trinajstić information content (AvgIpc) is 2.74. The molecular weight excluding hydrogens is 336 g/mol. The third kappa shape index (κ3) is 5.42. The van der Waals surface area contributed by atoms with Crippen molar-refractivity contribution in [3.8, 4) is 12.1 Å². The van der Waals surface area contributed by atoms with E-state index in [1.54, 1.807) is 66.7 Å². The molecule has 0 saturated carbocycles. The molecule has 0 radical (unpaired) electrons. The van der Waals surface area contributed by atoms with Crippen LogP contribution in [0.15, 0.2) is 102 Å². The molecule has 130 valence electrons. The smallest absolute Gasteiger partial charge is 0.203 e. The minimum absolute atomic E-state index is 0.00836. The van der Waals surface area contributed by atoms with Crippen molar-refractivity contribution in [2.75, 3.05) is 0 Å². The molecule has 1 N–H and O–H groups in total. The molecule has 0 bridgehead atoms. The van der Waals surface area contributed by atoms with Crippen LogP contribution >= 0.6 is 0 Å². The second kappa shape index (κ2) is 9.98. The summed E-state index contributed by atoms with van der Waals surface area (Å²) in [4.78, 5) is 12.2. The van der Waals surface area contributed by atoms with Crippen LogP contribution in [0.5, 0.6) is 0 Å². The van der Waals surface area contributed by atoms with E-state index in [1.807, 2.05) is 18.2 Å². The molecule has 2 aromatic carbocycles. The van der Waals surface area contributed by atoms with Gasteiger partial charge in [0.2, 0.25) is 5.78 Å². The summed E-state index contributed by atoms with van der Waals surface area (Å²) in [5.41, 5.74) is 1.10. The van der Waals surface area contributed by atoms with E-state index >= 15 is 0 Å². The molecule has 0 spiro atoms. The third-order valence-electron chi connectivity index (χ3n) is 3.57. The largest absolute Gasteiger partial charge is 0.506 e. The summed E-state index contributed by atoms with van der Waals surface area (Å²) in [7, 11) is 0. The first-order valence-electron chi connectivity index (χ1n) is 8.11. The average molecular weight is 352 g/mol. The van der Waals surface area contributed by atoms with E-state index in [0.717, 1.165) is 0 Å². The van der Waals surface area contributed by atoms with Crippen molar-refractivity contribution >= 4 is 11.5 Å². The Bertz CT molecular complexity index is 1000. The van der Waals surface area contributed by atoms with Crippen molar-refractivity contribution in [3.63, 3.8) is 0 Å². The first kappa shape index (κ1) is 19.2. The summed E-state index contributed by atoms with van der Waals surface area (Å²) < 4.78 is 0. The minimum Gasteiger partial charge on any atom is -0.506 e. The Balaban J connectivity index is 2.13. The molecule has 0 atom stereocenters. The number of nitrogens with zero attached hydrogens (tertiary/aromatic N) is 2. The van der Waals surface area contributed by atoms with Crippen molar-refractivity contribution < 1.29 is 9.90 Å². The maximum Gasteiger partial charge on any atom is 0.203 e. The Morgan fingerprint density at radius 2 is 1.41 bits per heavy atom. The van der Waals surface area contributed by atoms with Gasteiger partial charge < -0.3 is 5.11 Å². The van der Waals surface area contributed by atoms with Crippen LogP contribution in [0.25, 0.3) is 5.76 Å². The number of ketones is 1. The molecule has 27 heavy (non-hydrogen) atoms. The molecule has 0 saturated heterocycles. The zero-order valence-electron chi connectivity index (χ0n) is 14.4. The summed E-state index contributed by atoms with van der Waals surface area (Å²) >= 11 is 0. The molecular formula is C23H16N2O2. The van der Waals surface area contributed by atoms with Gasteiger partial charge in [-0.3, -0.25) is 4.79 Å². The third-order valence-corrected chi connectivity index (χ3v) is 3.57. The fourth-order valence-electron chi connectivity index (χ4n) is 2.20. The number of carbonyl (C=O) groups is 1. The second-order valence-corrected chi connectivity index (χ2v) is 5.37. The molecule has 0 fully saturated rings. The van der Waals surface area contributed by atoms with E-state index in [2.05, 4.69) is 0 Å². The summed E-state index contributed by atoms with van der Waals surface area (Å²) in [6, 6.07) is 21.1. The summed E-state index contributed by atoms with van der Waals surface area (Å²) in [6.45, 7) is 0. The van der Waals surface area contributed by atoms with Gasteiger partial charge in [0, 0.05) is 11.1 Å². The number of hydrogen-bond donors (Lipinski definition) is 1. The quantitative estimate of drug-likeness (QED) is 0.263. The molecule has 0 aliphatic carbocycles. The summed E-state index contributed by atoms with van der Waals surface area (Å²) in [5, 5.41) is 28.5. The summed E-state index contributed by atoms with van der Waals surface area (Å²) in [6.07, 6.45) is 7.52. The highest BCUT2D eigenvalue weighted by atomic mass is 16.3. The van der Waals surface area contributed by atoms with Gasteiger partial charge >= 0.3 is 0 Å². The first-order valence-corrected chi connectivity index (χ1v) is 8.11. The number of aliphatic hydroxyl groups is 1. The van der Waals surface area contributed by atoms with Gasteiger partial charge in [-0.1, -0.05) is 78.9 Å². The molecule has 0 heterocycles. The van der Waals surface area contributed by atoms with Crippen molar-refractivity contribution in [2.24, 2.45) is 0 Å². The van der Waals surface area contributed by atoms with Crippen molar-refractivity contribution in [1.29, 1.82) is 10.5 Å². The molecule has 0 aliphatic heterocycles. The van der Waals surface area contributed by atoms with Gasteiger partial charge in [-0.25, -0.2) is 0 Å². The lowest BCUT2D eigenvalue weighted by Crippen LogP contribution is -2.00. The lowest BCUT2D eigenvalue weighted by molar-refractivity contribution is 0.103. The first-order chi connectivity index (χ1) is 13.2. The predicted molar refractivity (Wildman–Crippen MR) is 104 cm³/mol. The van der Waals surface area contributed by atoms with Crippen LogP contribution in [0.4, 0.5) is 0 Å². The lowest BCUT2D eigenvalue weighted by atomic mass is 10.0. The van der Waals surface area contributed by atoms with Crippen LogP contribution in [-0.2, 0) is 0 Å². The fourth-order valence-corrected chi connectivity index (χ4v) is 2.20. The topological polar surface area (TPSA) is 84.9 Å². The van der Waals surface area contributed by atoms with E-state index < -0.39 is 0 Å². The highest BCUT2D eigenvalue weighted by Crippen LogP contribution is 2.16. The zero-order chi connectivity index (χ0) is 19.5. The Morgan fingerprint density at radius 3 is 1.96 bits per heavy atom. The maximum atomic E-state index is 12.2. The fraction of sp³-hybridized carbons (Fsp3) is 0. The molecule has 0 aromatic heterocycles. The highest BCUT2D eigenvalue weighted by molar-refractivity contribution is 6.11. The second-order valence-electron chi connectivity index (χ2n) is 5.37. The van der Waals surface area contributed by atoms with Gasteiger partial charge in [-0.05, 0) is 12.2 Å². The molecule has 4 nitrogen and oxygen atoms in total. The number of benzene rings is 2. The number of nitriles is 2. The van der Waals surface area contributed by atoms with E-state index in [4.69, 9.17) is 5.26 Å². The Hall–Kier alpha value is -4.15. The molecule has 0 unspecified atom stereocenters. The van der Waals surface area contributed by atoms with E-state index in [1.165, 1.54) is 18.2 Å². The van der Waals surface area contributed by atoms with Crippen molar-refractivity contribution in [2.45, 2.75) is 0 Å². The van der Waals surface area contributed by atoms with Gasteiger partial charge in [0.15, 0.2) is 0 Å². The van der Waals surface area contributed by atoms with Crippen LogP contribution < -0.4 is 0 Å². The Labute approximate surface area is 157 Å². The molecule has 2 aromatic rings. The van der Waals surface area contributed by atoms with Crippen LogP contribution in [0, 0.1) is 22.7 Å². The Kier molecular flexibility index (Phi) is 7.09. The summed E-state index contributed by atoms with van der Waals surface area (Å²) in [5.74, 6) is -0.471. The Morgan fingerprint density at radius 1 is 0.815 bits per heavy atom. The highest BCUT2D eigenvalue weighted by Gasteiger charge is 2.09. The molecule has 2 rings (SSSR count). The van der Waals surface area contributed by atoms with Crippen LogP contribution in [0.2, 0.25) is 0 Å². The van der Waals surface area contributed by atoms with Crippen LogP contribution in [0.1, 0.15) is 15.9 Å². The van der Waals surface area contributed by atoms with E-state index in [9.17, 15) is 15.2 Å². The number of allylic oxidation sites excluding steroid dienone is 7. The number of hydrogen-bond acceptors (Lipinski definition) is 4. The standard InChI is InChI=1S/C23H16N2O2/c24-16-20(22(26)18-10-4-1-5-11-18)14-8-3-9-15-21(17-25)23(27)19-12-6-2-7-13-19/h1-15,26H/b9-3?,14-8?,21-15?,22-20+. The number of Topliss-reactive ketones (excluding diaryl/α,β-unsaturated/α-hetero) is 1. The van der Waals surface area contributed by atoms with Crippen molar-refractivity contribution in [3.05, 3.63) is 113 Å². The van der Waals surface area contributed by atoms with Gasteiger partial charge in [0.05, 0.1) is 11.1 Å². The van der Waals surface area contributed by atoms with E-state index in [0.29, 0.717) is 11.1 Å². The van der Waals surface area contributed by atoms with Crippen LogP contribution in [-0.4, -0.2) is 10.9 Å². The zero-order valence-corrected chi connectivity index (χ0v) is 14.4. The maximum absolute atomic E-state index is 12.2. The molecule has 4 heteroatoms. The van der Waals surface area contributed by atoms with Crippen molar-refractivity contribution in [1.82, 2.24) is 0 Å². The molecule has 0 amide bonds. The number of aliphatic hydroxyl groups excluding tert-OH is 1.